The van der Waals surface area contributed by atoms with Crippen LogP contribution in [-0.4, -0.2) is 10.3 Å². The zero-order valence-electron chi connectivity index (χ0n) is 11.0. The van der Waals surface area contributed by atoms with Gasteiger partial charge in [0, 0.05) is 34.3 Å². The summed E-state index contributed by atoms with van der Waals surface area (Å²) in [5, 5.41) is 10.0. The molecular weight excluding hydrogens is 264 g/mol. The summed E-state index contributed by atoms with van der Waals surface area (Å²) in [5.41, 5.74) is 1.91. The molecule has 1 heterocycles. The van der Waals surface area contributed by atoms with Crippen molar-refractivity contribution in [1.29, 1.82) is 5.26 Å². The molecule has 0 N–H and O–H groups in total. The van der Waals surface area contributed by atoms with Crippen molar-refractivity contribution in [1.82, 2.24) is 4.57 Å². The van der Waals surface area contributed by atoms with Gasteiger partial charge in [0.2, 0.25) is 0 Å². The average Bonchev–Trinajstić information content (AvgIpc) is 2.91. The van der Waals surface area contributed by atoms with Gasteiger partial charge in [-0.05, 0) is 36.4 Å². The predicted molar refractivity (Wildman–Crippen MR) is 83.8 cm³/mol. The Labute approximate surface area is 122 Å². The quantitative estimate of drug-likeness (QED) is 0.665. The van der Waals surface area contributed by atoms with Crippen molar-refractivity contribution in [2.75, 3.05) is 5.75 Å². The first-order valence-corrected chi connectivity index (χ1v) is 7.52. The van der Waals surface area contributed by atoms with E-state index in [1.807, 2.05) is 36.0 Å². The zero-order valence-corrected chi connectivity index (χ0v) is 11.8. The average molecular weight is 278 g/mol. The van der Waals surface area contributed by atoms with E-state index in [1.165, 1.54) is 10.4 Å². The summed E-state index contributed by atoms with van der Waals surface area (Å²) in [7, 11) is 0. The van der Waals surface area contributed by atoms with Gasteiger partial charge < -0.3 is 4.57 Å². The minimum Gasteiger partial charge on any atom is -0.347 e. The molecular formula is C17H14N2S. The number of fused-ring (bicyclic) bond motifs is 1. The molecule has 0 spiro atoms. The molecule has 3 rings (SSSR count). The van der Waals surface area contributed by atoms with Gasteiger partial charge in [-0.2, -0.15) is 5.26 Å². The molecule has 0 saturated heterocycles. The van der Waals surface area contributed by atoms with Crippen LogP contribution in [0, 0.1) is 11.3 Å². The predicted octanol–water partition coefficient (Wildman–Crippen LogP) is 4.31. The number of rotatable bonds is 4. The first-order chi connectivity index (χ1) is 9.86. The van der Waals surface area contributed by atoms with Gasteiger partial charge in [0.15, 0.2) is 0 Å². The highest BCUT2D eigenvalue weighted by Crippen LogP contribution is 2.20. The second kappa shape index (κ2) is 5.85. The van der Waals surface area contributed by atoms with Crippen molar-refractivity contribution in [2.24, 2.45) is 0 Å². The monoisotopic (exact) mass is 278 g/mol. The molecule has 3 aromatic rings. The lowest BCUT2D eigenvalue weighted by atomic mass is 10.2. The molecule has 98 valence electrons. The third-order valence-electron chi connectivity index (χ3n) is 3.24. The highest BCUT2D eigenvalue weighted by Gasteiger charge is 2.02. The van der Waals surface area contributed by atoms with E-state index >= 15 is 0 Å². The molecule has 0 amide bonds. The number of nitrogens with zero attached hydrogens (tertiary/aromatic N) is 2. The molecule has 0 aliphatic rings. The van der Waals surface area contributed by atoms with Crippen LogP contribution in [0.15, 0.2) is 65.7 Å². The number of nitriles is 1. The lowest BCUT2D eigenvalue weighted by Gasteiger charge is -2.05. The summed E-state index contributed by atoms with van der Waals surface area (Å²) in [6, 6.07) is 20.5. The van der Waals surface area contributed by atoms with Crippen molar-refractivity contribution < 1.29 is 0 Å². The molecule has 20 heavy (non-hydrogen) atoms. The molecule has 0 aliphatic carbocycles. The fraction of sp³-hybridized carbons (Fsp3) is 0.118. The molecule has 2 nitrogen and oxygen atoms in total. The highest BCUT2D eigenvalue weighted by molar-refractivity contribution is 7.99. The molecule has 2 aromatic carbocycles. The first kappa shape index (κ1) is 12.8. The largest absolute Gasteiger partial charge is 0.347 e. The maximum absolute atomic E-state index is 8.91. The van der Waals surface area contributed by atoms with E-state index in [1.54, 1.807) is 0 Å². The number of benzene rings is 2. The summed E-state index contributed by atoms with van der Waals surface area (Å²) in [6.07, 6.45) is 2.09. The first-order valence-electron chi connectivity index (χ1n) is 6.54. The molecule has 0 aliphatic heterocycles. The molecule has 1 aromatic heterocycles. The van der Waals surface area contributed by atoms with E-state index in [0.717, 1.165) is 17.7 Å². The zero-order chi connectivity index (χ0) is 13.8. The van der Waals surface area contributed by atoms with E-state index in [9.17, 15) is 0 Å². The Balaban J connectivity index is 1.71. The molecule has 0 unspecified atom stereocenters. The Morgan fingerprint density at radius 2 is 1.90 bits per heavy atom. The fourth-order valence-corrected chi connectivity index (χ4v) is 3.12. The Bertz CT molecular complexity index is 754. The SMILES string of the molecule is N#Cc1ccc2c(ccn2CCSc2ccccc2)c1. The van der Waals surface area contributed by atoms with Crippen LogP contribution in [0.5, 0.6) is 0 Å². The Morgan fingerprint density at radius 3 is 2.70 bits per heavy atom. The van der Waals surface area contributed by atoms with Crippen LogP contribution >= 0.6 is 11.8 Å². The third-order valence-corrected chi connectivity index (χ3v) is 4.24. The van der Waals surface area contributed by atoms with Gasteiger partial charge in [0.1, 0.15) is 0 Å². The molecule has 3 heteroatoms. The summed E-state index contributed by atoms with van der Waals surface area (Å²) < 4.78 is 2.24. The molecule has 0 bridgehead atoms. The fourth-order valence-electron chi connectivity index (χ4n) is 2.24. The van der Waals surface area contributed by atoms with Gasteiger partial charge in [0.25, 0.3) is 0 Å². The van der Waals surface area contributed by atoms with Crippen LogP contribution in [0.25, 0.3) is 10.9 Å². The van der Waals surface area contributed by atoms with Crippen molar-refractivity contribution in [3.05, 3.63) is 66.4 Å². The van der Waals surface area contributed by atoms with Gasteiger partial charge in [0.05, 0.1) is 11.6 Å². The van der Waals surface area contributed by atoms with Crippen LogP contribution in [-0.2, 0) is 6.54 Å². The summed E-state index contributed by atoms with van der Waals surface area (Å²) in [6.45, 7) is 0.967. The maximum atomic E-state index is 8.91. The van der Waals surface area contributed by atoms with Crippen molar-refractivity contribution in [3.63, 3.8) is 0 Å². The Morgan fingerprint density at radius 1 is 1.05 bits per heavy atom. The lowest BCUT2D eigenvalue weighted by molar-refractivity contribution is 0.807. The van der Waals surface area contributed by atoms with Crippen molar-refractivity contribution in [2.45, 2.75) is 11.4 Å². The second-order valence-corrected chi connectivity index (χ2v) is 5.72. The summed E-state index contributed by atoms with van der Waals surface area (Å²) >= 11 is 1.86. The van der Waals surface area contributed by atoms with Gasteiger partial charge in [-0.15, -0.1) is 11.8 Å². The minimum atomic E-state index is 0.717. The van der Waals surface area contributed by atoms with Gasteiger partial charge in [-0.3, -0.25) is 0 Å². The number of hydrogen-bond acceptors (Lipinski definition) is 2. The van der Waals surface area contributed by atoms with Crippen LogP contribution in [0.4, 0.5) is 0 Å². The summed E-state index contributed by atoms with van der Waals surface area (Å²) in [4.78, 5) is 1.30. The topological polar surface area (TPSA) is 28.7 Å². The maximum Gasteiger partial charge on any atom is 0.0991 e. The molecule has 0 saturated carbocycles. The van der Waals surface area contributed by atoms with E-state index in [2.05, 4.69) is 47.2 Å². The standard InChI is InChI=1S/C17H14N2S/c18-13-14-6-7-17-15(12-14)8-9-19(17)10-11-20-16-4-2-1-3-5-16/h1-9,12H,10-11H2. The summed E-state index contributed by atoms with van der Waals surface area (Å²) in [5.74, 6) is 1.04. The number of hydrogen-bond donors (Lipinski definition) is 0. The van der Waals surface area contributed by atoms with E-state index in [0.29, 0.717) is 5.56 Å². The minimum absolute atomic E-state index is 0.717. The number of thioether (sulfide) groups is 1. The number of aryl methyl sites for hydroxylation is 1. The third kappa shape index (κ3) is 2.71. The van der Waals surface area contributed by atoms with Gasteiger partial charge in [-0.1, -0.05) is 18.2 Å². The van der Waals surface area contributed by atoms with Crippen LogP contribution in [0.2, 0.25) is 0 Å². The van der Waals surface area contributed by atoms with Crippen molar-refractivity contribution in [3.8, 4) is 6.07 Å². The Kier molecular flexibility index (Phi) is 3.76. The van der Waals surface area contributed by atoms with Crippen molar-refractivity contribution >= 4 is 22.7 Å². The molecule has 0 atom stereocenters. The van der Waals surface area contributed by atoms with Crippen LogP contribution in [0.3, 0.4) is 0 Å². The van der Waals surface area contributed by atoms with Crippen LogP contribution in [0.1, 0.15) is 5.56 Å². The second-order valence-electron chi connectivity index (χ2n) is 4.56. The van der Waals surface area contributed by atoms with E-state index in [-0.39, 0.29) is 0 Å². The van der Waals surface area contributed by atoms with E-state index in [4.69, 9.17) is 5.26 Å². The van der Waals surface area contributed by atoms with E-state index < -0.39 is 0 Å². The molecule has 0 radical (unpaired) electrons. The van der Waals surface area contributed by atoms with Crippen LogP contribution < -0.4 is 0 Å². The smallest absolute Gasteiger partial charge is 0.0991 e. The van der Waals surface area contributed by atoms with Gasteiger partial charge >= 0.3 is 0 Å². The normalized spacial score (nSPS) is 10.6. The number of aromatic nitrogens is 1. The lowest BCUT2D eigenvalue weighted by Crippen LogP contribution is -1.98. The highest BCUT2D eigenvalue weighted by atomic mass is 32.2. The Hall–Kier alpha value is -2.18. The molecule has 0 fully saturated rings. The van der Waals surface area contributed by atoms with Gasteiger partial charge in [-0.25, -0.2) is 0 Å².